The Hall–Kier alpha value is 0.425. The van der Waals surface area contributed by atoms with Crippen LogP contribution in [0.15, 0.2) is 24.3 Å². The van der Waals surface area contributed by atoms with Gasteiger partial charge in [0.1, 0.15) is 5.82 Å². The molecule has 4 heteroatoms. The summed E-state index contributed by atoms with van der Waals surface area (Å²) in [6, 6.07) is 6.40. The number of carbonyl (C=O) groups is 1. The Morgan fingerprint density at radius 2 is 1.94 bits per heavy atom. The molecule has 0 radical (unpaired) electrons. The fraction of sp³-hybridized carbons (Fsp3) is 0.417. The summed E-state index contributed by atoms with van der Waals surface area (Å²) in [6.07, 6.45) is 0.874. The Kier molecular flexibility index (Phi) is 5.78. The van der Waals surface area contributed by atoms with Crippen molar-refractivity contribution in [2.45, 2.75) is 19.3 Å². The van der Waals surface area contributed by atoms with E-state index in [2.05, 4.69) is 5.32 Å². The van der Waals surface area contributed by atoms with Gasteiger partial charge in [-0.1, -0.05) is 25.5 Å². The van der Waals surface area contributed by atoms with Crippen LogP contribution in [0.3, 0.4) is 0 Å². The molecular weight excluding hydrogens is 279 g/mol. The first-order chi connectivity index (χ1) is 7.18. The molecule has 0 saturated carbocycles. The van der Waals surface area contributed by atoms with E-state index < -0.39 is 0 Å². The molecular formula is C12H13FNORb. The smallest absolute Gasteiger partial charge is 0.653 e. The van der Waals surface area contributed by atoms with Gasteiger partial charge in [-0.15, -0.1) is 6.54 Å². The summed E-state index contributed by atoms with van der Waals surface area (Å²) in [5.41, 5.74) is 1.03. The van der Waals surface area contributed by atoms with Gasteiger partial charge in [0.2, 0.25) is 0 Å². The summed E-state index contributed by atoms with van der Waals surface area (Å²) < 4.78 is 12.7. The summed E-state index contributed by atoms with van der Waals surface area (Å²) in [5, 5.41) is 3.89. The van der Waals surface area contributed by atoms with Gasteiger partial charge < -0.3 is 10.1 Å². The van der Waals surface area contributed by atoms with E-state index in [1.54, 1.807) is 12.1 Å². The van der Waals surface area contributed by atoms with Crippen LogP contribution in [0.1, 0.15) is 24.8 Å². The number of hydrogen-bond donors (Lipinski definition) is 0. The number of carbonyl (C=O) groups excluding carboxylic acids is 1. The molecule has 0 unspecified atom stereocenters. The van der Waals surface area contributed by atoms with Crippen LogP contribution in [-0.2, 0) is 4.79 Å². The van der Waals surface area contributed by atoms with Gasteiger partial charge in [0.05, 0.1) is 5.91 Å². The molecule has 2 nitrogen and oxygen atoms in total. The van der Waals surface area contributed by atoms with Crippen molar-refractivity contribution in [2.24, 2.45) is 5.92 Å². The third-order valence-corrected chi connectivity index (χ3v) is 3.00. The van der Waals surface area contributed by atoms with Gasteiger partial charge in [0.25, 0.3) is 0 Å². The zero-order valence-corrected chi connectivity index (χ0v) is 14.5. The maximum absolute atomic E-state index is 12.7. The van der Waals surface area contributed by atoms with Crippen LogP contribution in [-0.4, -0.2) is 12.5 Å². The summed E-state index contributed by atoms with van der Waals surface area (Å²) in [7, 11) is 0. The standard InChI is InChI=1S/C12H14FNO.Rb/c1-8-11(6-7-14-12(8)15)9-2-4-10(13)5-3-9;/h2-5,8,11H,6-7H2,1H3,(H,14,15);/q;+1/p-1/t8-,11+;/m1./s1. The quantitative estimate of drug-likeness (QED) is 0.708. The van der Waals surface area contributed by atoms with E-state index in [0.29, 0.717) is 6.54 Å². The predicted molar refractivity (Wildman–Crippen MR) is 56.2 cm³/mol. The normalized spacial score (nSPS) is 24.5. The Balaban J connectivity index is 0.00000128. The molecule has 1 heterocycles. The molecule has 1 aromatic carbocycles. The minimum Gasteiger partial charge on any atom is -0.653 e. The van der Waals surface area contributed by atoms with Crippen LogP contribution in [0.2, 0.25) is 0 Å². The molecule has 1 fully saturated rings. The van der Waals surface area contributed by atoms with Crippen molar-refractivity contribution in [2.75, 3.05) is 6.54 Å². The van der Waals surface area contributed by atoms with Crippen LogP contribution in [0.5, 0.6) is 0 Å². The number of piperidine rings is 1. The molecule has 0 aromatic heterocycles. The van der Waals surface area contributed by atoms with Gasteiger partial charge in [-0.3, -0.25) is 0 Å². The maximum Gasteiger partial charge on any atom is 1.00 e. The zero-order chi connectivity index (χ0) is 10.8. The zero-order valence-electron chi connectivity index (χ0n) is 9.61. The monoisotopic (exact) mass is 291 g/mol. The predicted octanol–water partition coefficient (Wildman–Crippen LogP) is -0.147. The molecule has 16 heavy (non-hydrogen) atoms. The van der Waals surface area contributed by atoms with E-state index in [1.165, 1.54) is 12.1 Å². The molecule has 0 spiro atoms. The number of rotatable bonds is 1. The average molecular weight is 292 g/mol. The first-order valence-corrected chi connectivity index (χ1v) is 5.15. The Labute approximate surface area is 144 Å². The molecule has 1 saturated heterocycles. The van der Waals surface area contributed by atoms with E-state index in [-0.39, 0.29) is 81.7 Å². The van der Waals surface area contributed by atoms with E-state index in [0.717, 1.165) is 12.0 Å². The fourth-order valence-corrected chi connectivity index (χ4v) is 2.05. The Morgan fingerprint density at radius 3 is 2.56 bits per heavy atom. The van der Waals surface area contributed by atoms with Gasteiger partial charge in [0.15, 0.2) is 0 Å². The second kappa shape index (κ2) is 6.38. The van der Waals surface area contributed by atoms with E-state index in [4.69, 9.17) is 0 Å². The Bertz CT molecular complexity index is 366. The molecule has 1 aliphatic rings. The first kappa shape index (κ1) is 14.5. The first-order valence-electron chi connectivity index (χ1n) is 5.15. The van der Waals surface area contributed by atoms with Crippen LogP contribution in [0.4, 0.5) is 4.39 Å². The molecule has 80 valence electrons. The van der Waals surface area contributed by atoms with Gasteiger partial charge in [-0.05, 0) is 23.6 Å². The molecule has 2 atom stereocenters. The third kappa shape index (κ3) is 3.22. The molecule has 0 N–H and O–H groups in total. The third-order valence-electron chi connectivity index (χ3n) is 3.00. The molecule has 1 amide bonds. The van der Waals surface area contributed by atoms with Crippen molar-refractivity contribution in [3.8, 4) is 0 Å². The van der Waals surface area contributed by atoms with Crippen LogP contribution >= 0.6 is 0 Å². The van der Waals surface area contributed by atoms with Crippen LogP contribution < -0.4 is 58.2 Å². The topological polar surface area (TPSA) is 31.2 Å². The van der Waals surface area contributed by atoms with E-state index >= 15 is 0 Å². The van der Waals surface area contributed by atoms with Crippen molar-refractivity contribution < 1.29 is 67.4 Å². The fourth-order valence-electron chi connectivity index (χ4n) is 2.05. The molecule has 1 aliphatic heterocycles. The minimum atomic E-state index is -0.238. The van der Waals surface area contributed by atoms with Crippen molar-refractivity contribution >= 4 is 5.91 Å². The summed E-state index contributed by atoms with van der Waals surface area (Å²) in [4.78, 5) is 11.4. The van der Waals surface area contributed by atoms with Crippen molar-refractivity contribution in [3.05, 3.63) is 41.0 Å². The van der Waals surface area contributed by atoms with Crippen molar-refractivity contribution in [1.82, 2.24) is 0 Å². The SMILES string of the molecule is C[C@H]1C(=O)[N-]CC[C@@H]1c1ccc(F)cc1.[Rb+]. The van der Waals surface area contributed by atoms with Gasteiger partial charge >= 0.3 is 58.2 Å². The van der Waals surface area contributed by atoms with E-state index in [1.807, 2.05) is 6.92 Å². The minimum absolute atomic E-state index is 0. The van der Waals surface area contributed by atoms with Crippen LogP contribution in [0.25, 0.3) is 5.32 Å². The molecule has 1 aromatic rings. The summed E-state index contributed by atoms with van der Waals surface area (Å²) in [6.45, 7) is 2.48. The van der Waals surface area contributed by atoms with Gasteiger partial charge in [-0.2, -0.15) is 0 Å². The summed E-state index contributed by atoms with van der Waals surface area (Å²) in [5.74, 6) is -0.159. The average Bonchev–Trinajstić information content (AvgIpc) is 2.24. The number of benzene rings is 1. The molecule has 2 rings (SSSR count). The Morgan fingerprint density at radius 1 is 1.31 bits per heavy atom. The summed E-state index contributed by atoms with van der Waals surface area (Å²) >= 11 is 0. The van der Waals surface area contributed by atoms with Crippen LogP contribution in [0, 0.1) is 11.7 Å². The second-order valence-corrected chi connectivity index (χ2v) is 3.96. The van der Waals surface area contributed by atoms with Gasteiger partial charge in [-0.25, -0.2) is 4.39 Å². The van der Waals surface area contributed by atoms with Gasteiger partial charge in [0, 0.05) is 5.92 Å². The van der Waals surface area contributed by atoms with E-state index in [9.17, 15) is 9.18 Å². The second-order valence-electron chi connectivity index (χ2n) is 3.96. The number of amides is 1. The largest absolute Gasteiger partial charge is 1.00 e. The number of hydrogen-bond acceptors (Lipinski definition) is 1. The molecule has 0 aliphatic carbocycles. The molecule has 0 bridgehead atoms. The van der Waals surface area contributed by atoms with Crippen molar-refractivity contribution in [3.63, 3.8) is 0 Å². The number of halogens is 1. The number of nitrogens with zero attached hydrogens (tertiary/aromatic N) is 1. The van der Waals surface area contributed by atoms with Crippen molar-refractivity contribution in [1.29, 1.82) is 0 Å². The maximum atomic E-state index is 12.7.